The standard InChI is InChI=1S/C22H18F3NO4S/c1-3-30-21(28)18-16(13-8-10-14(29-2)11-9-13)12-31-20(18)26-19(27)15-6-4-5-7-17(15)22(23,24)25/h4-12H,3H2,1-2H3,(H,26,27). The van der Waals surface area contributed by atoms with Gasteiger partial charge in [0, 0.05) is 10.9 Å². The Morgan fingerprint density at radius 3 is 2.35 bits per heavy atom. The molecule has 0 fully saturated rings. The predicted octanol–water partition coefficient (Wildman–Crippen LogP) is 5.87. The minimum absolute atomic E-state index is 0.0786. The zero-order chi connectivity index (χ0) is 22.6. The van der Waals surface area contributed by atoms with Crippen molar-refractivity contribution in [1.29, 1.82) is 0 Å². The molecule has 0 unspecified atom stereocenters. The summed E-state index contributed by atoms with van der Waals surface area (Å²) >= 11 is 1.03. The van der Waals surface area contributed by atoms with Crippen LogP contribution in [0.5, 0.6) is 5.75 Å². The van der Waals surface area contributed by atoms with E-state index < -0.39 is 29.2 Å². The lowest BCUT2D eigenvalue weighted by molar-refractivity contribution is -0.137. The maximum Gasteiger partial charge on any atom is 0.417 e. The zero-order valence-electron chi connectivity index (χ0n) is 16.6. The van der Waals surface area contributed by atoms with E-state index in [1.807, 2.05) is 0 Å². The number of alkyl halides is 3. The molecule has 3 rings (SSSR count). The van der Waals surface area contributed by atoms with E-state index in [9.17, 15) is 22.8 Å². The summed E-state index contributed by atoms with van der Waals surface area (Å²) in [6.07, 6.45) is -4.69. The van der Waals surface area contributed by atoms with E-state index in [1.54, 1.807) is 36.6 Å². The number of hydrogen-bond acceptors (Lipinski definition) is 5. The summed E-state index contributed by atoms with van der Waals surface area (Å²) in [5.74, 6) is -1.04. The average Bonchev–Trinajstić information content (AvgIpc) is 3.17. The summed E-state index contributed by atoms with van der Waals surface area (Å²) in [5, 5.41) is 4.19. The molecule has 0 radical (unpaired) electrons. The van der Waals surface area contributed by atoms with Crippen LogP contribution in [0.15, 0.2) is 53.9 Å². The highest BCUT2D eigenvalue weighted by atomic mass is 32.1. The Morgan fingerprint density at radius 2 is 1.74 bits per heavy atom. The van der Waals surface area contributed by atoms with Crippen LogP contribution >= 0.6 is 11.3 Å². The van der Waals surface area contributed by atoms with Gasteiger partial charge < -0.3 is 14.8 Å². The summed E-state index contributed by atoms with van der Waals surface area (Å²) in [6.45, 7) is 1.73. The van der Waals surface area contributed by atoms with Crippen LogP contribution in [-0.2, 0) is 10.9 Å². The molecule has 9 heteroatoms. The third-order valence-corrected chi connectivity index (χ3v) is 5.27. The Labute approximate surface area is 180 Å². The summed E-state index contributed by atoms with van der Waals surface area (Å²) in [4.78, 5) is 25.3. The number of carbonyl (C=O) groups excluding carboxylic acids is 2. The first-order valence-electron chi connectivity index (χ1n) is 9.16. The van der Waals surface area contributed by atoms with Crippen molar-refractivity contribution in [2.45, 2.75) is 13.1 Å². The van der Waals surface area contributed by atoms with E-state index in [-0.39, 0.29) is 17.2 Å². The van der Waals surface area contributed by atoms with Crippen LogP contribution in [0.4, 0.5) is 18.2 Å². The average molecular weight is 449 g/mol. The molecular weight excluding hydrogens is 431 g/mol. The van der Waals surface area contributed by atoms with Gasteiger partial charge in [0.1, 0.15) is 16.3 Å². The van der Waals surface area contributed by atoms with Gasteiger partial charge in [0.05, 0.1) is 24.8 Å². The second kappa shape index (κ2) is 9.22. The first-order chi connectivity index (χ1) is 14.8. The fraction of sp³-hybridized carbons (Fsp3) is 0.182. The highest BCUT2D eigenvalue weighted by Crippen LogP contribution is 2.38. The molecule has 1 amide bonds. The number of nitrogens with one attached hydrogen (secondary N) is 1. The number of thiophene rings is 1. The quantitative estimate of drug-likeness (QED) is 0.478. The minimum atomic E-state index is -4.69. The summed E-state index contributed by atoms with van der Waals surface area (Å²) in [5.41, 5.74) is -0.363. The van der Waals surface area contributed by atoms with Crippen LogP contribution in [0.2, 0.25) is 0 Å². The van der Waals surface area contributed by atoms with E-state index >= 15 is 0 Å². The zero-order valence-corrected chi connectivity index (χ0v) is 17.4. The normalized spacial score (nSPS) is 11.1. The molecule has 0 bridgehead atoms. The minimum Gasteiger partial charge on any atom is -0.497 e. The second-order valence-corrected chi connectivity index (χ2v) is 7.18. The number of hydrogen-bond donors (Lipinski definition) is 1. The first-order valence-corrected chi connectivity index (χ1v) is 10.0. The van der Waals surface area contributed by atoms with Gasteiger partial charge in [0.25, 0.3) is 5.91 Å². The van der Waals surface area contributed by atoms with E-state index in [2.05, 4.69) is 5.32 Å². The van der Waals surface area contributed by atoms with E-state index in [0.29, 0.717) is 16.9 Å². The number of carbonyl (C=O) groups is 2. The largest absolute Gasteiger partial charge is 0.497 e. The van der Waals surface area contributed by atoms with Crippen molar-refractivity contribution in [3.63, 3.8) is 0 Å². The van der Waals surface area contributed by atoms with Crippen molar-refractivity contribution >= 4 is 28.2 Å². The van der Waals surface area contributed by atoms with Gasteiger partial charge in [-0.2, -0.15) is 13.2 Å². The van der Waals surface area contributed by atoms with Gasteiger partial charge in [-0.1, -0.05) is 24.3 Å². The highest BCUT2D eigenvalue weighted by Gasteiger charge is 2.35. The number of halogens is 3. The predicted molar refractivity (Wildman–Crippen MR) is 112 cm³/mol. The van der Waals surface area contributed by atoms with Crippen molar-refractivity contribution in [2.75, 3.05) is 19.0 Å². The molecule has 1 heterocycles. The summed E-state index contributed by atoms with van der Waals surface area (Å²) in [6, 6.07) is 11.3. The third-order valence-electron chi connectivity index (χ3n) is 4.38. The molecule has 0 spiro atoms. The Balaban J connectivity index is 2.01. The van der Waals surface area contributed by atoms with Crippen LogP contribution in [0.25, 0.3) is 11.1 Å². The molecule has 31 heavy (non-hydrogen) atoms. The lowest BCUT2D eigenvalue weighted by Gasteiger charge is -2.13. The van der Waals surface area contributed by atoms with Crippen molar-refractivity contribution in [1.82, 2.24) is 0 Å². The van der Waals surface area contributed by atoms with Crippen LogP contribution in [0.3, 0.4) is 0 Å². The van der Waals surface area contributed by atoms with Crippen molar-refractivity contribution in [2.24, 2.45) is 0 Å². The fourth-order valence-electron chi connectivity index (χ4n) is 2.94. The molecule has 3 aromatic rings. The molecule has 162 valence electrons. The number of anilines is 1. The van der Waals surface area contributed by atoms with Crippen LogP contribution < -0.4 is 10.1 Å². The van der Waals surface area contributed by atoms with Crippen LogP contribution in [0.1, 0.15) is 33.2 Å². The van der Waals surface area contributed by atoms with Gasteiger partial charge >= 0.3 is 12.1 Å². The number of esters is 1. The van der Waals surface area contributed by atoms with Gasteiger partial charge in [0.2, 0.25) is 0 Å². The topological polar surface area (TPSA) is 64.6 Å². The summed E-state index contributed by atoms with van der Waals surface area (Å²) in [7, 11) is 1.52. The number of amides is 1. The molecule has 0 aliphatic heterocycles. The Hall–Kier alpha value is -3.33. The van der Waals surface area contributed by atoms with Gasteiger partial charge in [-0.15, -0.1) is 11.3 Å². The monoisotopic (exact) mass is 449 g/mol. The Kier molecular flexibility index (Phi) is 6.65. The second-order valence-electron chi connectivity index (χ2n) is 6.30. The van der Waals surface area contributed by atoms with Crippen LogP contribution in [-0.4, -0.2) is 25.6 Å². The number of rotatable bonds is 6. The SMILES string of the molecule is CCOC(=O)c1c(-c2ccc(OC)cc2)csc1NC(=O)c1ccccc1C(F)(F)F. The molecule has 0 saturated heterocycles. The summed E-state index contributed by atoms with van der Waals surface area (Å²) < 4.78 is 50.1. The van der Waals surface area contributed by atoms with Gasteiger partial charge in [-0.3, -0.25) is 4.79 Å². The number of methoxy groups -OCH3 is 1. The van der Waals surface area contributed by atoms with Crippen molar-refractivity contribution < 1.29 is 32.2 Å². The molecule has 0 aliphatic carbocycles. The van der Waals surface area contributed by atoms with Gasteiger partial charge in [-0.05, 0) is 36.8 Å². The lowest BCUT2D eigenvalue weighted by Crippen LogP contribution is -2.19. The highest BCUT2D eigenvalue weighted by molar-refractivity contribution is 7.15. The Morgan fingerprint density at radius 1 is 1.06 bits per heavy atom. The molecule has 1 N–H and O–H groups in total. The molecule has 1 aromatic heterocycles. The van der Waals surface area contributed by atoms with Gasteiger partial charge in [0.15, 0.2) is 0 Å². The van der Waals surface area contributed by atoms with Crippen molar-refractivity contribution in [3.8, 4) is 16.9 Å². The van der Waals surface area contributed by atoms with E-state index in [1.165, 1.54) is 19.2 Å². The maximum absolute atomic E-state index is 13.3. The molecule has 0 atom stereocenters. The smallest absolute Gasteiger partial charge is 0.417 e. The van der Waals surface area contributed by atoms with Crippen molar-refractivity contribution in [3.05, 3.63) is 70.6 Å². The molecular formula is C22H18F3NO4S. The molecule has 5 nitrogen and oxygen atoms in total. The first kappa shape index (κ1) is 22.4. The lowest BCUT2D eigenvalue weighted by atomic mass is 10.0. The van der Waals surface area contributed by atoms with Crippen LogP contribution in [0, 0.1) is 0 Å². The molecule has 0 saturated carbocycles. The van der Waals surface area contributed by atoms with E-state index in [0.717, 1.165) is 23.5 Å². The molecule has 2 aromatic carbocycles. The van der Waals surface area contributed by atoms with E-state index in [4.69, 9.17) is 9.47 Å². The van der Waals surface area contributed by atoms with Gasteiger partial charge in [-0.25, -0.2) is 4.79 Å². The Bertz CT molecular complexity index is 1090. The third kappa shape index (κ3) is 4.88. The maximum atomic E-state index is 13.3. The number of benzene rings is 2. The fourth-order valence-corrected chi connectivity index (χ4v) is 3.89. The molecule has 0 aliphatic rings. The number of ether oxygens (including phenoxy) is 2.